The maximum absolute atomic E-state index is 12.4. The summed E-state index contributed by atoms with van der Waals surface area (Å²) in [5.74, 6) is -1.28. The molecule has 2 amide bonds. The topological polar surface area (TPSA) is 64.7 Å². The first-order chi connectivity index (χ1) is 13.7. The van der Waals surface area contributed by atoms with E-state index in [1.54, 1.807) is 0 Å². The van der Waals surface area contributed by atoms with E-state index in [0.29, 0.717) is 12.2 Å². The third-order valence-corrected chi connectivity index (χ3v) is 5.38. The number of carbonyl (C=O) groups excluding carboxylic acids is 2. The highest BCUT2D eigenvalue weighted by atomic mass is 16.2. The highest BCUT2D eigenvalue weighted by Gasteiger charge is 2.22. The van der Waals surface area contributed by atoms with Crippen molar-refractivity contribution in [2.24, 2.45) is 0 Å². The molecule has 0 bridgehead atoms. The number of rotatable bonds is 5. The number of amides is 2. The highest BCUT2D eigenvalue weighted by molar-refractivity contribution is 6.39. The Bertz CT molecular complexity index is 903. The van der Waals surface area contributed by atoms with Crippen LogP contribution in [0.2, 0.25) is 0 Å². The van der Waals surface area contributed by atoms with Crippen molar-refractivity contribution in [3.63, 3.8) is 0 Å². The quantitative estimate of drug-likeness (QED) is 0.766. The van der Waals surface area contributed by atoms with E-state index in [1.165, 1.54) is 11.3 Å². The van der Waals surface area contributed by atoms with E-state index in [9.17, 15) is 9.59 Å². The molecule has 2 N–H and O–H groups in total. The lowest BCUT2D eigenvalue weighted by atomic mass is 10.0. The monoisotopic (exact) mass is 394 g/mol. The minimum atomic E-state index is -0.650. The normalized spacial score (nSPS) is 13.9. The predicted molar refractivity (Wildman–Crippen MR) is 117 cm³/mol. The molecule has 0 aromatic heterocycles. The summed E-state index contributed by atoms with van der Waals surface area (Å²) in [6.07, 6.45) is 1.03. The third kappa shape index (κ3) is 4.95. The standard InChI is InChI=1S/C23H30N4O2/c1-15-10-16(2)12-19(11-15)25-23(29)22(28)24-14-21(26(3)4)17-6-7-20-18(13-17)8-9-27(20)5/h6-7,10-13,21H,8-9,14H2,1-5H3,(H,24,28)(H,25,29)/t21-/m1/s1. The van der Waals surface area contributed by atoms with Gasteiger partial charge in [0.15, 0.2) is 0 Å². The van der Waals surface area contributed by atoms with Gasteiger partial charge in [-0.25, -0.2) is 0 Å². The van der Waals surface area contributed by atoms with E-state index >= 15 is 0 Å². The summed E-state index contributed by atoms with van der Waals surface area (Å²) in [5, 5.41) is 5.47. The van der Waals surface area contributed by atoms with E-state index in [-0.39, 0.29) is 6.04 Å². The molecule has 2 aromatic rings. The first kappa shape index (κ1) is 20.9. The number of carbonyl (C=O) groups is 2. The number of hydrogen-bond donors (Lipinski definition) is 2. The summed E-state index contributed by atoms with van der Waals surface area (Å²) >= 11 is 0. The molecule has 1 heterocycles. The van der Waals surface area contributed by atoms with Gasteiger partial charge in [-0.15, -0.1) is 0 Å². The van der Waals surface area contributed by atoms with Gasteiger partial charge in [-0.3, -0.25) is 9.59 Å². The van der Waals surface area contributed by atoms with Crippen LogP contribution in [0.25, 0.3) is 0 Å². The molecule has 3 rings (SSSR count). The van der Waals surface area contributed by atoms with Gasteiger partial charge in [0, 0.05) is 31.5 Å². The van der Waals surface area contributed by atoms with Crippen LogP contribution in [0.5, 0.6) is 0 Å². The molecule has 0 radical (unpaired) electrons. The maximum Gasteiger partial charge on any atom is 0.313 e. The van der Waals surface area contributed by atoms with Crippen LogP contribution in [0.3, 0.4) is 0 Å². The van der Waals surface area contributed by atoms with Crippen molar-refractivity contribution in [1.82, 2.24) is 10.2 Å². The molecule has 1 aliphatic rings. The van der Waals surface area contributed by atoms with Crippen LogP contribution in [-0.4, -0.2) is 50.9 Å². The molecule has 1 atom stereocenters. The average molecular weight is 395 g/mol. The molecular formula is C23H30N4O2. The van der Waals surface area contributed by atoms with Gasteiger partial charge in [0.05, 0.1) is 6.04 Å². The van der Waals surface area contributed by atoms with Crippen molar-refractivity contribution in [3.8, 4) is 0 Å². The second kappa shape index (κ2) is 8.66. The molecule has 0 aliphatic carbocycles. The van der Waals surface area contributed by atoms with Gasteiger partial charge < -0.3 is 20.4 Å². The molecule has 1 aliphatic heterocycles. The van der Waals surface area contributed by atoms with E-state index < -0.39 is 11.8 Å². The molecule has 0 unspecified atom stereocenters. The lowest BCUT2D eigenvalue weighted by molar-refractivity contribution is -0.136. The predicted octanol–water partition coefficient (Wildman–Crippen LogP) is 2.65. The smallest absolute Gasteiger partial charge is 0.313 e. The molecule has 0 spiro atoms. The van der Waals surface area contributed by atoms with Gasteiger partial charge in [-0.1, -0.05) is 18.2 Å². The number of nitrogens with one attached hydrogen (secondary N) is 2. The first-order valence-electron chi connectivity index (χ1n) is 9.92. The second-order valence-electron chi connectivity index (χ2n) is 8.08. The molecule has 0 saturated carbocycles. The minimum Gasteiger partial charge on any atom is -0.374 e. The minimum absolute atomic E-state index is 0.0100. The molecular weight excluding hydrogens is 364 g/mol. The molecule has 0 fully saturated rings. The van der Waals surface area contributed by atoms with E-state index in [2.05, 4.69) is 45.7 Å². The Morgan fingerprint density at radius 3 is 2.41 bits per heavy atom. The van der Waals surface area contributed by atoms with Crippen LogP contribution < -0.4 is 15.5 Å². The summed E-state index contributed by atoms with van der Waals surface area (Å²) in [6, 6.07) is 12.2. The number of aryl methyl sites for hydroxylation is 2. The van der Waals surface area contributed by atoms with Crippen LogP contribution in [0.4, 0.5) is 11.4 Å². The van der Waals surface area contributed by atoms with Crippen LogP contribution in [0.1, 0.15) is 28.3 Å². The number of benzene rings is 2. The summed E-state index contributed by atoms with van der Waals surface area (Å²) in [5.41, 5.74) is 6.44. The SMILES string of the molecule is Cc1cc(C)cc(NC(=O)C(=O)NC[C@H](c2ccc3c(c2)CCN3C)N(C)C)c1. The Morgan fingerprint density at radius 1 is 1.07 bits per heavy atom. The summed E-state index contributed by atoms with van der Waals surface area (Å²) in [6.45, 7) is 5.30. The summed E-state index contributed by atoms with van der Waals surface area (Å²) in [7, 11) is 6.06. The summed E-state index contributed by atoms with van der Waals surface area (Å²) in [4.78, 5) is 29.0. The number of hydrogen-bond acceptors (Lipinski definition) is 4. The van der Waals surface area contributed by atoms with Gasteiger partial charge in [0.25, 0.3) is 0 Å². The van der Waals surface area contributed by atoms with Gasteiger partial charge in [-0.05, 0) is 74.8 Å². The lowest BCUT2D eigenvalue weighted by Crippen LogP contribution is -2.40. The Morgan fingerprint density at radius 2 is 1.76 bits per heavy atom. The van der Waals surface area contributed by atoms with Gasteiger partial charge in [0.1, 0.15) is 0 Å². The molecule has 0 saturated heterocycles. The van der Waals surface area contributed by atoms with Crippen molar-refractivity contribution < 1.29 is 9.59 Å². The van der Waals surface area contributed by atoms with Gasteiger partial charge >= 0.3 is 11.8 Å². The summed E-state index contributed by atoms with van der Waals surface area (Å²) < 4.78 is 0. The number of nitrogens with zero attached hydrogens (tertiary/aromatic N) is 2. The fourth-order valence-electron chi connectivity index (χ4n) is 3.90. The zero-order chi connectivity index (χ0) is 21.1. The molecule has 2 aromatic carbocycles. The van der Waals surface area contributed by atoms with Crippen molar-refractivity contribution in [1.29, 1.82) is 0 Å². The Balaban J connectivity index is 1.64. The van der Waals surface area contributed by atoms with Crippen LogP contribution in [0, 0.1) is 13.8 Å². The Hall–Kier alpha value is -2.86. The van der Waals surface area contributed by atoms with Crippen molar-refractivity contribution in [2.75, 3.05) is 44.4 Å². The van der Waals surface area contributed by atoms with Crippen molar-refractivity contribution >= 4 is 23.2 Å². The molecule has 29 heavy (non-hydrogen) atoms. The maximum atomic E-state index is 12.4. The fraction of sp³-hybridized carbons (Fsp3) is 0.391. The molecule has 154 valence electrons. The third-order valence-electron chi connectivity index (χ3n) is 5.38. The zero-order valence-corrected chi connectivity index (χ0v) is 17.9. The molecule has 6 nitrogen and oxygen atoms in total. The largest absolute Gasteiger partial charge is 0.374 e. The zero-order valence-electron chi connectivity index (χ0n) is 17.9. The number of fused-ring (bicyclic) bond motifs is 1. The van der Waals surface area contributed by atoms with Crippen molar-refractivity contribution in [2.45, 2.75) is 26.3 Å². The van der Waals surface area contributed by atoms with E-state index in [1.807, 2.05) is 46.1 Å². The van der Waals surface area contributed by atoms with E-state index in [4.69, 9.17) is 0 Å². The van der Waals surface area contributed by atoms with E-state index in [0.717, 1.165) is 29.7 Å². The average Bonchev–Trinajstić information content (AvgIpc) is 3.01. The fourth-order valence-corrected chi connectivity index (χ4v) is 3.90. The van der Waals surface area contributed by atoms with Crippen molar-refractivity contribution in [3.05, 3.63) is 58.7 Å². The Labute approximate surface area is 172 Å². The van der Waals surface area contributed by atoms with Gasteiger partial charge in [0.2, 0.25) is 0 Å². The first-order valence-corrected chi connectivity index (χ1v) is 9.92. The van der Waals surface area contributed by atoms with Gasteiger partial charge in [-0.2, -0.15) is 0 Å². The number of likely N-dealkylation sites (N-methyl/N-ethyl adjacent to an activating group) is 2. The lowest BCUT2D eigenvalue weighted by Gasteiger charge is -2.26. The Kier molecular flexibility index (Phi) is 6.23. The number of anilines is 2. The highest BCUT2D eigenvalue weighted by Crippen LogP contribution is 2.30. The van der Waals surface area contributed by atoms with Crippen LogP contribution in [0.15, 0.2) is 36.4 Å². The van der Waals surface area contributed by atoms with Crippen LogP contribution >= 0.6 is 0 Å². The molecule has 6 heteroatoms. The van der Waals surface area contributed by atoms with Crippen LogP contribution in [-0.2, 0) is 16.0 Å². The second-order valence-corrected chi connectivity index (χ2v) is 8.08.